The van der Waals surface area contributed by atoms with Crippen LogP contribution in [0.1, 0.15) is 51.4 Å². The highest BCUT2D eigenvalue weighted by atomic mass is 16.5. The third-order valence-electron chi connectivity index (χ3n) is 3.00. The number of hydrogen-bond donors (Lipinski definition) is 2. The lowest BCUT2D eigenvalue weighted by Crippen LogP contribution is -2.23. The zero-order chi connectivity index (χ0) is 11.6. The summed E-state index contributed by atoms with van der Waals surface area (Å²) < 4.78 is 5.85. The van der Waals surface area contributed by atoms with Crippen molar-refractivity contribution in [3.63, 3.8) is 0 Å². The summed E-state index contributed by atoms with van der Waals surface area (Å²) in [6.45, 7) is 1.45. The Bertz CT molecular complexity index is 194. The van der Waals surface area contributed by atoms with E-state index < -0.39 is 0 Å². The first kappa shape index (κ1) is 13.3. The van der Waals surface area contributed by atoms with Gasteiger partial charge >= 0.3 is 0 Å². The Morgan fingerprint density at radius 2 is 1.69 bits per heavy atom. The van der Waals surface area contributed by atoms with Crippen molar-refractivity contribution >= 4 is 5.96 Å². The molecular formula is C12H25N3O. The Balaban J connectivity index is 2.04. The molecule has 0 aromatic heterocycles. The lowest BCUT2D eigenvalue weighted by atomic mass is 9.99. The zero-order valence-corrected chi connectivity index (χ0v) is 10.2. The largest absolute Gasteiger partial charge is 0.378 e. The van der Waals surface area contributed by atoms with Crippen molar-refractivity contribution in [3.8, 4) is 0 Å². The molecule has 1 aliphatic carbocycles. The summed E-state index contributed by atoms with van der Waals surface area (Å²) in [4.78, 5) is 3.93. The Morgan fingerprint density at radius 1 is 1.06 bits per heavy atom. The monoisotopic (exact) mass is 227 g/mol. The summed E-state index contributed by atoms with van der Waals surface area (Å²) in [5.74, 6) is 0.172. The quantitative estimate of drug-likeness (QED) is 0.427. The van der Waals surface area contributed by atoms with Crippen LogP contribution in [0.5, 0.6) is 0 Å². The molecule has 4 nitrogen and oxygen atoms in total. The second-order valence-electron chi connectivity index (χ2n) is 4.50. The van der Waals surface area contributed by atoms with E-state index in [1.807, 2.05) is 0 Å². The third-order valence-corrected chi connectivity index (χ3v) is 3.00. The fourth-order valence-corrected chi connectivity index (χ4v) is 2.11. The number of rotatable bonds is 5. The molecule has 1 saturated carbocycles. The highest BCUT2D eigenvalue weighted by molar-refractivity contribution is 5.75. The van der Waals surface area contributed by atoms with Crippen LogP contribution in [0.2, 0.25) is 0 Å². The summed E-state index contributed by atoms with van der Waals surface area (Å²) in [5.41, 5.74) is 10.5. The Morgan fingerprint density at radius 3 is 2.31 bits per heavy atom. The van der Waals surface area contributed by atoms with Crippen LogP contribution in [0, 0.1) is 0 Å². The summed E-state index contributed by atoms with van der Waals surface area (Å²) in [6.07, 6.45) is 10.6. The second kappa shape index (κ2) is 8.39. The summed E-state index contributed by atoms with van der Waals surface area (Å²) in [5, 5.41) is 0. The van der Waals surface area contributed by atoms with Crippen molar-refractivity contribution in [1.29, 1.82) is 0 Å². The molecule has 0 unspecified atom stereocenters. The average Bonchev–Trinajstić information content (AvgIpc) is 2.19. The van der Waals surface area contributed by atoms with Gasteiger partial charge in [-0.25, -0.2) is 0 Å². The maximum absolute atomic E-state index is 5.85. The topological polar surface area (TPSA) is 73.6 Å². The van der Waals surface area contributed by atoms with Crippen LogP contribution in [0.3, 0.4) is 0 Å². The van der Waals surface area contributed by atoms with Crippen molar-refractivity contribution in [2.45, 2.75) is 57.5 Å². The van der Waals surface area contributed by atoms with Crippen LogP contribution < -0.4 is 11.5 Å². The van der Waals surface area contributed by atoms with Crippen LogP contribution in [-0.4, -0.2) is 25.2 Å². The Kier molecular flexibility index (Phi) is 6.97. The van der Waals surface area contributed by atoms with Crippen molar-refractivity contribution < 1.29 is 4.74 Å². The van der Waals surface area contributed by atoms with Gasteiger partial charge in [-0.3, -0.25) is 4.99 Å². The maximum Gasteiger partial charge on any atom is 0.185 e. The molecular weight excluding hydrogens is 202 g/mol. The molecule has 1 fully saturated rings. The van der Waals surface area contributed by atoms with Crippen LogP contribution in [0.15, 0.2) is 4.99 Å². The number of guanidine groups is 1. The Labute approximate surface area is 98.4 Å². The van der Waals surface area contributed by atoms with E-state index >= 15 is 0 Å². The molecule has 94 valence electrons. The fraction of sp³-hybridized carbons (Fsp3) is 0.917. The molecule has 0 atom stereocenters. The van der Waals surface area contributed by atoms with E-state index in [0.717, 1.165) is 13.0 Å². The minimum Gasteiger partial charge on any atom is -0.378 e. The van der Waals surface area contributed by atoms with Crippen molar-refractivity contribution in [3.05, 3.63) is 0 Å². The number of nitrogens with two attached hydrogens (primary N) is 2. The molecule has 4 heteroatoms. The third kappa shape index (κ3) is 6.67. The van der Waals surface area contributed by atoms with Crippen LogP contribution in [-0.2, 0) is 4.74 Å². The maximum atomic E-state index is 5.85. The smallest absolute Gasteiger partial charge is 0.185 e. The van der Waals surface area contributed by atoms with E-state index in [1.165, 1.54) is 44.9 Å². The molecule has 0 heterocycles. The summed E-state index contributed by atoms with van der Waals surface area (Å²) in [7, 11) is 0. The average molecular weight is 227 g/mol. The van der Waals surface area contributed by atoms with Gasteiger partial charge in [0.15, 0.2) is 5.96 Å². The van der Waals surface area contributed by atoms with E-state index in [9.17, 15) is 0 Å². The first-order valence-corrected chi connectivity index (χ1v) is 6.46. The summed E-state index contributed by atoms with van der Waals surface area (Å²) in [6, 6.07) is 0. The van der Waals surface area contributed by atoms with Gasteiger partial charge in [-0.1, -0.05) is 32.1 Å². The highest BCUT2D eigenvalue weighted by Crippen LogP contribution is 2.19. The van der Waals surface area contributed by atoms with E-state index in [2.05, 4.69) is 4.99 Å². The molecule has 1 aliphatic rings. The van der Waals surface area contributed by atoms with E-state index in [0.29, 0.717) is 12.6 Å². The lowest BCUT2D eigenvalue weighted by Gasteiger charge is -2.20. The van der Waals surface area contributed by atoms with Gasteiger partial charge in [0, 0.05) is 13.2 Å². The van der Waals surface area contributed by atoms with Gasteiger partial charge in [0.05, 0.1) is 6.10 Å². The molecule has 4 N–H and O–H groups in total. The van der Waals surface area contributed by atoms with E-state index in [-0.39, 0.29) is 5.96 Å². The van der Waals surface area contributed by atoms with Crippen LogP contribution in [0.4, 0.5) is 0 Å². The molecule has 0 radical (unpaired) electrons. The van der Waals surface area contributed by atoms with Gasteiger partial charge in [-0.2, -0.15) is 0 Å². The van der Waals surface area contributed by atoms with Crippen LogP contribution in [0.25, 0.3) is 0 Å². The SMILES string of the molecule is NC(N)=NCCCOC1CCCCCCC1. The molecule has 0 spiro atoms. The molecule has 0 saturated heterocycles. The molecule has 1 rings (SSSR count). The van der Waals surface area contributed by atoms with Crippen molar-refractivity contribution in [2.24, 2.45) is 16.5 Å². The first-order valence-electron chi connectivity index (χ1n) is 6.46. The molecule has 16 heavy (non-hydrogen) atoms. The molecule has 0 aromatic carbocycles. The minimum atomic E-state index is 0.172. The molecule has 0 aliphatic heterocycles. The second-order valence-corrected chi connectivity index (χ2v) is 4.50. The predicted octanol–water partition coefficient (Wildman–Crippen LogP) is 1.78. The van der Waals surface area contributed by atoms with Gasteiger partial charge in [-0.05, 0) is 19.3 Å². The lowest BCUT2D eigenvalue weighted by molar-refractivity contribution is 0.0351. The van der Waals surface area contributed by atoms with E-state index in [1.54, 1.807) is 0 Å². The Hall–Kier alpha value is -0.770. The number of aliphatic imine (C=N–C) groups is 1. The fourth-order valence-electron chi connectivity index (χ4n) is 2.11. The summed E-state index contributed by atoms with van der Waals surface area (Å²) >= 11 is 0. The van der Waals surface area contributed by atoms with Gasteiger partial charge in [0.2, 0.25) is 0 Å². The normalized spacial score (nSPS) is 18.8. The van der Waals surface area contributed by atoms with Gasteiger partial charge in [0.1, 0.15) is 0 Å². The predicted molar refractivity (Wildman–Crippen MR) is 67.4 cm³/mol. The molecule has 0 bridgehead atoms. The van der Waals surface area contributed by atoms with Crippen molar-refractivity contribution in [2.75, 3.05) is 13.2 Å². The van der Waals surface area contributed by atoms with Gasteiger partial charge < -0.3 is 16.2 Å². The number of nitrogens with zero attached hydrogens (tertiary/aromatic N) is 1. The van der Waals surface area contributed by atoms with Crippen LogP contribution >= 0.6 is 0 Å². The highest BCUT2D eigenvalue weighted by Gasteiger charge is 2.10. The standard InChI is InChI=1S/C12H25N3O/c13-12(14)15-9-6-10-16-11-7-4-2-1-3-5-8-11/h11H,1-10H2,(H4,13,14,15). The number of ether oxygens (including phenoxy) is 1. The van der Waals surface area contributed by atoms with Gasteiger partial charge in [-0.15, -0.1) is 0 Å². The first-order chi connectivity index (χ1) is 7.79. The number of hydrogen-bond acceptors (Lipinski definition) is 2. The van der Waals surface area contributed by atoms with E-state index in [4.69, 9.17) is 16.2 Å². The van der Waals surface area contributed by atoms with Gasteiger partial charge in [0.25, 0.3) is 0 Å². The molecule has 0 amide bonds. The zero-order valence-electron chi connectivity index (χ0n) is 10.2. The minimum absolute atomic E-state index is 0.172. The van der Waals surface area contributed by atoms with Crippen molar-refractivity contribution in [1.82, 2.24) is 0 Å². The molecule has 0 aromatic rings.